The minimum Gasteiger partial charge on any atom is -0.491 e. The van der Waals surface area contributed by atoms with Crippen molar-refractivity contribution in [2.24, 2.45) is 5.73 Å². The van der Waals surface area contributed by atoms with Crippen molar-refractivity contribution < 1.29 is 42.0 Å². The summed E-state index contributed by atoms with van der Waals surface area (Å²) in [5.74, 6) is -0.982. The van der Waals surface area contributed by atoms with E-state index in [4.69, 9.17) is 34.6 Å². The Morgan fingerprint density at radius 2 is 1.33 bits per heavy atom. The Kier molecular flexibility index (Phi) is 13.4. The number of alkyl halides is 3. The lowest BCUT2D eigenvalue weighted by atomic mass is 10.2. The fourth-order valence-electron chi connectivity index (χ4n) is 1.94. The van der Waals surface area contributed by atoms with Crippen molar-refractivity contribution in [1.29, 1.82) is 0 Å². The highest BCUT2D eigenvalue weighted by molar-refractivity contribution is 5.73. The van der Waals surface area contributed by atoms with E-state index in [1.807, 2.05) is 24.3 Å². The van der Waals surface area contributed by atoms with Crippen molar-refractivity contribution >= 4 is 5.97 Å². The number of benzene rings is 1. The van der Waals surface area contributed by atoms with Gasteiger partial charge in [0.15, 0.2) is 5.82 Å². The Morgan fingerprint density at radius 1 is 0.879 bits per heavy atom. The summed E-state index contributed by atoms with van der Waals surface area (Å²) in [4.78, 5) is 8.90. The summed E-state index contributed by atoms with van der Waals surface area (Å²) in [5, 5.41) is 22.9. The molecule has 0 aliphatic carbocycles. The van der Waals surface area contributed by atoms with Gasteiger partial charge in [-0.1, -0.05) is 0 Å². The van der Waals surface area contributed by atoms with Crippen LogP contribution in [0.25, 0.3) is 11.4 Å². The van der Waals surface area contributed by atoms with Crippen LogP contribution in [0.5, 0.6) is 5.75 Å². The summed E-state index contributed by atoms with van der Waals surface area (Å²) >= 11 is 0. The van der Waals surface area contributed by atoms with Crippen LogP contribution in [0.2, 0.25) is 0 Å². The largest absolute Gasteiger partial charge is 0.491 e. The number of aryl methyl sites for hydroxylation is 1. The van der Waals surface area contributed by atoms with E-state index in [2.05, 4.69) is 20.4 Å². The normalized spacial score (nSPS) is 10.9. The molecule has 0 fully saturated rings. The molecule has 0 unspecified atom stereocenters. The lowest BCUT2D eigenvalue weighted by Gasteiger charge is -2.08. The Labute approximate surface area is 188 Å². The van der Waals surface area contributed by atoms with Crippen LogP contribution >= 0.6 is 0 Å². The topological polar surface area (TPSA) is 152 Å². The van der Waals surface area contributed by atoms with E-state index in [1.165, 1.54) is 0 Å². The van der Waals surface area contributed by atoms with Crippen molar-refractivity contribution in [2.45, 2.75) is 13.1 Å². The second-order valence-corrected chi connectivity index (χ2v) is 6.07. The van der Waals surface area contributed by atoms with Gasteiger partial charge in [0.1, 0.15) is 12.4 Å². The number of aliphatic carboxylic acids is 1. The lowest BCUT2D eigenvalue weighted by Crippen LogP contribution is -2.21. The van der Waals surface area contributed by atoms with Gasteiger partial charge < -0.3 is 29.8 Å². The summed E-state index contributed by atoms with van der Waals surface area (Å²) in [6.07, 6.45) is -5.08. The second-order valence-electron chi connectivity index (χ2n) is 6.07. The van der Waals surface area contributed by atoms with Gasteiger partial charge in [0, 0.05) is 12.1 Å². The highest BCUT2D eigenvalue weighted by Gasteiger charge is 2.38. The van der Waals surface area contributed by atoms with Crippen molar-refractivity contribution in [3.63, 3.8) is 0 Å². The van der Waals surface area contributed by atoms with Crippen LogP contribution in [0, 0.1) is 6.92 Å². The van der Waals surface area contributed by atoms with E-state index < -0.39 is 12.1 Å². The first-order chi connectivity index (χ1) is 15.7. The third kappa shape index (κ3) is 13.3. The first-order valence-corrected chi connectivity index (χ1v) is 9.74. The maximum atomic E-state index is 10.6. The van der Waals surface area contributed by atoms with Gasteiger partial charge in [-0.2, -0.15) is 13.2 Å². The van der Waals surface area contributed by atoms with E-state index in [0.29, 0.717) is 64.4 Å². The summed E-state index contributed by atoms with van der Waals surface area (Å²) in [6.45, 7) is 5.92. The first-order valence-electron chi connectivity index (χ1n) is 9.74. The van der Waals surface area contributed by atoms with E-state index in [1.54, 1.807) is 6.92 Å². The fourth-order valence-corrected chi connectivity index (χ4v) is 1.94. The molecule has 2 rings (SSSR count). The number of nitrogens with two attached hydrogens (primary N) is 1. The molecule has 3 N–H and O–H groups in total. The average Bonchev–Trinajstić information content (AvgIpc) is 2.78. The molecule has 1 heterocycles. The Hall–Kier alpha value is -2.94. The number of rotatable bonds is 13. The first kappa shape index (κ1) is 28.1. The third-order valence-corrected chi connectivity index (χ3v) is 3.44. The molecule has 0 aliphatic heterocycles. The molecule has 0 spiro atoms. The van der Waals surface area contributed by atoms with Crippen molar-refractivity contribution in [1.82, 2.24) is 20.4 Å². The average molecular weight is 477 g/mol. The van der Waals surface area contributed by atoms with Crippen LogP contribution in [0.15, 0.2) is 24.3 Å². The van der Waals surface area contributed by atoms with Gasteiger partial charge in [-0.15, -0.1) is 20.4 Å². The summed E-state index contributed by atoms with van der Waals surface area (Å²) < 4.78 is 53.3. The number of ether oxygens (including phenoxy) is 4. The molecule has 0 saturated carbocycles. The Balaban J connectivity index is 0.000000675. The molecular formula is C19H26F3N5O6. The zero-order chi connectivity index (χ0) is 24.5. The van der Waals surface area contributed by atoms with Crippen LogP contribution in [0.3, 0.4) is 0 Å². The quantitative estimate of drug-likeness (QED) is 0.401. The molecule has 33 heavy (non-hydrogen) atoms. The fraction of sp³-hybridized carbons (Fsp3) is 0.526. The Morgan fingerprint density at radius 3 is 1.79 bits per heavy atom. The van der Waals surface area contributed by atoms with Gasteiger partial charge in [0.2, 0.25) is 5.82 Å². The van der Waals surface area contributed by atoms with Gasteiger partial charge in [-0.25, -0.2) is 4.79 Å². The molecule has 184 valence electrons. The van der Waals surface area contributed by atoms with Crippen LogP contribution in [-0.4, -0.2) is 90.4 Å². The monoisotopic (exact) mass is 477 g/mol. The number of carbonyl (C=O) groups is 1. The standard InChI is InChI=1S/C17H25N5O4.C2HF3O2/c1-14-19-21-17(22-20-14)15-2-4-16(5-3-15)26-13-12-25-11-10-24-9-8-23-7-6-18;3-2(4,5)1(6)7/h2-5H,6-13,18H2,1H3;(H,6,7). The van der Waals surface area contributed by atoms with Gasteiger partial charge in [0.25, 0.3) is 0 Å². The zero-order valence-electron chi connectivity index (χ0n) is 18.0. The molecule has 14 heteroatoms. The van der Waals surface area contributed by atoms with E-state index >= 15 is 0 Å². The predicted molar refractivity (Wildman–Crippen MR) is 108 cm³/mol. The molecule has 2 aromatic rings. The van der Waals surface area contributed by atoms with E-state index in [9.17, 15) is 13.2 Å². The summed E-state index contributed by atoms with van der Waals surface area (Å²) in [7, 11) is 0. The molecule has 0 atom stereocenters. The highest BCUT2D eigenvalue weighted by atomic mass is 19.4. The number of hydrogen-bond acceptors (Lipinski definition) is 10. The minimum atomic E-state index is -5.08. The number of nitrogens with zero attached hydrogens (tertiary/aromatic N) is 4. The summed E-state index contributed by atoms with van der Waals surface area (Å²) in [5.41, 5.74) is 6.14. The molecule has 0 amide bonds. The molecular weight excluding hydrogens is 451 g/mol. The number of carboxylic acid groups (broad SMARTS) is 1. The molecule has 0 aliphatic rings. The minimum absolute atomic E-state index is 0.461. The summed E-state index contributed by atoms with van der Waals surface area (Å²) in [6, 6.07) is 7.43. The van der Waals surface area contributed by atoms with Crippen LogP contribution in [0.4, 0.5) is 13.2 Å². The van der Waals surface area contributed by atoms with Gasteiger partial charge >= 0.3 is 12.1 Å². The molecule has 0 saturated heterocycles. The molecule has 0 bridgehead atoms. The smallest absolute Gasteiger partial charge is 0.490 e. The van der Waals surface area contributed by atoms with E-state index in [0.717, 1.165) is 11.3 Å². The predicted octanol–water partition coefficient (Wildman–Crippen LogP) is 1.26. The van der Waals surface area contributed by atoms with Crippen LogP contribution < -0.4 is 10.5 Å². The number of hydrogen-bond donors (Lipinski definition) is 2. The maximum absolute atomic E-state index is 10.6. The second kappa shape index (κ2) is 15.8. The Bertz CT molecular complexity index is 794. The lowest BCUT2D eigenvalue weighted by molar-refractivity contribution is -0.192. The maximum Gasteiger partial charge on any atom is 0.490 e. The SMILES string of the molecule is Cc1nnc(-c2ccc(OCCOCCOCCOCCN)cc2)nn1.O=C(O)C(F)(F)F. The third-order valence-electron chi connectivity index (χ3n) is 3.44. The molecule has 1 aromatic carbocycles. The number of aromatic nitrogens is 4. The number of carboxylic acids is 1. The van der Waals surface area contributed by atoms with Gasteiger partial charge in [0.05, 0.1) is 39.6 Å². The molecule has 0 radical (unpaired) electrons. The van der Waals surface area contributed by atoms with E-state index in [-0.39, 0.29) is 0 Å². The van der Waals surface area contributed by atoms with Crippen molar-refractivity contribution in [2.75, 3.05) is 52.8 Å². The van der Waals surface area contributed by atoms with Crippen molar-refractivity contribution in [3.8, 4) is 17.1 Å². The van der Waals surface area contributed by atoms with Gasteiger partial charge in [-0.3, -0.25) is 0 Å². The van der Waals surface area contributed by atoms with Gasteiger partial charge in [-0.05, 0) is 31.2 Å². The van der Waals surface area contributed by atoms with Crippen molar-refractivity contribution in [3.05, 3.63) is 30.1 Å². The number of halogens is 3. The van der Waals surface area contributed by atoms with Crippen LogP contribution in [-0.2, 0) is 19.0 Å². The zero-order valence-corrected chi connectivity index (χ0v) is 18.0. The molecule has 1 aromatic heterocycles. The molecule has 11 nitrogen and oxygen atoms in total. The van der Waals surface area contributed by atoms with Crippen LogP contribution in [0.1, 0.15) is 5.82 Å². The highest BCUT2D eigenvalue weighted by Crippen LogP contribution is 2.18.